The van der Waals surface area contributed by atoms with Crippen LogP contribution >= 0.6 is 11.8 Å². The highest BCUT2D eigenvalue weighted by Gasteiger charge is 2.02. The molecule has 0 aliphatic heterocycles. The maximum Gasteiger partial charge on any atom is 0.234 e. The fourth-order valence-corrected chi connectivity index (χ4v) is 2.67. The molecule has 2 nitrogen and oxygen atoms in total. The maximum absolute atomic E-state index is 12.7. The van der Waals surface area contributed by atoms with Crippen LogP contribution in [-0.4, -0.2) is 17.4 Å². The fourth-order valence-electron chi connectivity index (χ4n) is 1.92. The predicted octanol–water partition coefficient (Wildman–Crippen LogP) is 4.13. The molecule has 2 aromatic rings. The highest BCUT2D eigenvalue weighted by Crippen LogP contribution is 2.11. The minimum Gasteiger partial charge on any atom is -0.325 e. The lowest BCUT2D eigenvalue weighted by Crippen LogP contribution is -2.14. The molecule has 2 aromatic carbocycles. The lowest BCUT2D eigenvalue weighted by atomic mass is 10.1. The number of carbonyl (C=O) groups is 1. The van der Waals surface area contributed by atoms with Gasteiger partial charge in [-0.2, -0.15) is 11.8 Å². The van der Waals surface area contributed by atoms with Crippen molar-refractivity contribution < 1.29 is 9.18 Å². The summed E-state index contributed by atoms with van der Waals surface area (Å²) in [5, 5.41) is 2.75. The van der Waals surface area contributed by atoms with Gasteiger partial charge in [-0.3, -0.25) is 4.79 Å². The maximum atomic E-state index is 12.7. The first-order chi connectivity index (χ1) is 10.2. The number of hydrogen-bond donors (Lipinski definition) is 1. The Bertz CT molecular complexity index is 557. The molecule has 0 atom stereocenters. The average molecular weight is 303 g/mol. The van der Waals surface area contributed by atoms with Crippen LogP contribution in [0.4, 0.5) is 10.1 Å². The first kappa shape index (κ1) is 15.6. The summed E-state index contributed by atoms with van der Waals surface area (Å²) in [4.78, 5) is 11.7. The Morgan fingerprint density at radius 2 is 1.76 bits per heavy atom. The van der Waals surface area contributed by atoms with E-state index in [1.54, 1.807) is 23.9 Å². The van der Waals surface area contributed by atoms with Crippen LogP contribution in [0.1, 0.15) is 12.0 Å². The summed E-state index contributed by atoms with van der Waals surface area (Å²) in [5.74, 6) is 1.02. The second kappa shape index (κ2) is 8.47. The lowest BCUT2D eigenvalue weighted by Gasteiger charge is -2.05. The van der Waals surface area contributed by atoms with Crippen molar-refractivity contribution >= 4 is 23.4 Å². The van der Waals surface area contributed by atoms with Gasteiger partial charge in [0.2, 0.25) is 5.91 Å². The Hall–Kier alpha value is -1.81. The van der Waals surface area contributed by atoms with Crippen molar-refractivity contribution in [1.29, 1.82) is 0 Å². The van der Waals surface area contributed by atoms with E-state index in [2.05, 4.69) is 17.4 Å². The Labute approximate surface area is 128 Å². The van der Waals surface area contributed by atoms with Crippen LogP contribution in [0.2, 0.25) is 0 Å². The molecule has 0 radical (unpaired) electrons. The molecule has 110 valence electrons. The van der Waals surface area contributed by atoms with Gasteiger partial charge < -0.3 is 5.32 Å². The van der Waals surface area contributed by atoms with E-state index >= 15 is 0 Å². The number of hydrogen-bond acceptors (Lipinski definition) is 2. The van der Waals surface area contributed by atoms with Crippen LogP contribution in [0, 0.1) is 5.82 Å². The molecular formula is C17H18FNOS. The van der Waals surface area contributed by atoms with E-state index in [0.29, 0.717) is 11.4 Å². The van der Waals surface area contributed by atoms with E-state index in [-0.39, 0.29) is 11.7 Å². The summed E-state index contributed by atoms with van der Waals surface area (Å²) in [5.41, 5.74) is 1.96. The molecule has 0 aromatic heterocycles. The van der Waals surface area contributed by atoms with Crippen molar-refractivity contribution in [3.63, 3.8) is 0 Å². The lowest BCUT2D eigenvalue weighted by molar-refractivity contribution is -0.113. The SMILES string of the molecule is O=C(CSCCCc1ccccc1)Nc1ccc(F)cc1. The molecule has 0 unspecified atom stereocenters. The average Bonchev–Trinajstić information content (AvgIpc) is 2.50. The van der Waals surface area contributed by atoms with Gasteiger partial charge in [0.1, 0.15) is 5.82 Å². The van der Waals surface area contributed by atoms with Crippen LogP contribution in [0.3, 0.4) is 0 Å². The van der Waals surface area contributed by atoms with Gasteiger partial charge in [-0.25, -0.2) is 4.39 Å². The molecule has 0 aliphatic carbocycles. The zero-order valence-electron chi connectivity index (χ0n) is 11.7. The molecule has 4 heteroatoms. The summed E-state index contributed by atoms with van der Waals surface area (Å²) in [6.45, 7) is 0. The van der Waals surface area contributed by atoms with E-state index in [1.165, 1.54) is 17.7 Å². The third kappa shape index (κ3) is 6.00. The monoisotopic (exact) mass is 303 g/mol. The molecule has 2 rings (SSSR count). The van der Waals surface area contributed by atoms with Crippen molar-refractivity contribution in [2.75, 3.05) is 16.8 Å². The predicted molar refractivity (Wildman–Crippen MR) is 87.1 cm³/mol. The van der Waals surface area contributed by atoms with Gasteiger partial charge in [0.25, 0.3) is 0 Å². The molecule has 1 amide bonds. The Morgan fingerprint density at radius 3 is 2.48 bits per heavy atom. The molecule has 0 fully saturated rings. The summed E-state index contributed by atoms with van der Waals surface area (Å²) >= 11 is 1.62. The normalized spacial score (nSPS) is 10.3. The molecule has 21 heavy (non-hydrogen) atoms. The summed E-state index contributed by atoms with van der Waals surface area (Å²) in [7, 11) is 0. The Kier molecular flexibility index (Phi) is 6.28. The number of amides is 1. The van der Waals surface area contributed by atoms with E-state index < -0.39 is 0 Å². The van der Waals surface area contributed by atoms with Crippen LogP contribution in [0.25, 0.3) is 0 Å². The van der Waals surface area contributed by atoms with Gasteiger partial charge in [0, 0.05) is 5.69 Å². The quantitative estimate of drug-likeness (QED) is 0.779. The van der Waals surface area contributed by atoms with Crippen molar-refractivity contribution in [3.8, 4) is 0 Å². The number of carbonyl (C=O) groups excluding carboxylic acids is 1. The van der Waals surface area contributed by atoms with Crippen molar-refractivity contribution in [1.82, 2.24) is 0 Å². The fraction of sp³-hybridized carbons (Fsp3) is 0.235. The van der Waals surface area contributed by atoms with Gasteiger partial charge in [-0.1, -0.05) is 30.3 Å². The standard InChI is InChI=1S/C17H18FNOS/c18-15-8-10-16(11-9-15)19-17(20)13-21-12-4-7-14-5-2-1-3-6-14/h1-3,5-6,8-11H,4,7,12-13H2,(H,19,20). The van der Waals surface area contributed by atoms with Crippen molar-refractivity contribution in [2.24, 2.45) is 0 Å². The molecule has 0 spiro atoms. The van der Waals surface area contributed by atoms with E-state index in [0.717, 1.165) is 18.6 Å². The minimum absolute atomic E-state index is 0.0497. The second-order valence-electron chi connectivity index (χ2n) is 4.70. The number of aryl methyl sites for hydroxylation is 1. The van der Waals surface area contributed by atoms with Gasteiger partial charge in [-0.15, -0.1) is 0 Å². The third-order valence-corrected chi connectivity index (χ3v) is 4.00. The van der Waals surface area contributed by atoms with Gasteiger partial charge in [-0.05, 0) is 48.4 Å². The molecule has 0 heterocycles. The number of anilines is 1. The van der Waals surface area contributed by atoms with Crippen molar-refractivity contribution in [2.45, 2.75) is 12.8 Å². The summed E-state index contributed by atoms with van der Waals surface area (Å²) in [6.07, 6.45) is 2.09. The van der Waals surface area contributed by atoms with Crippen LogP contribution in [-0.2, 0) is 11.2 Å². The zero-order chi connectivity index (χ0) is 14.9. The van der Waals surface area contributed by atoms with Crippen molar-refractivity contribution in [3.05, 3.63) is 66.0 Å². The molecule has 0 saturated heterocycles. The smallest absolute Gasteiger partial charge is 0.234 e. The van der Waals surface area contributed by atoms with Gasteiger partial charge in [0.15, 0.2) is 0 Å². The Balaban J connectivity index is 1.60. The minimum atomic E-state index is -0.303. The molecule has 0 saturated carbocycles. The van der Waals surface area contributed by atoms with Crippen LogP contribution in [0.15, 0.2) is 54.6 Å². The number of thioether (sulfide) groups is 1. The summed E-state index contributed by atoms with van der Waals surface area (Å²) < 4.78 is 12.7. The number of benzene rings is 2. The molecule has 0 aliphatic rings. The van der Waals surface area contributed by atoms with Crippen LogP contribution < -0.4 is 5.32 Å². The molecular weight excluding hydrogens is 285 g/mol. The first-order valence-corrected chi connectivity index (χ1v) is 8.06. The van der Waals surface area contributed by atoms with Gasteiger partial charge >= 0.3 is 0 Å². The number of rotatable bonds is 7. The highest BCUT2D eigenvalue weighted by atomic mass is 32.2. The van der Waals surface area contributed by atoms with E-state index in [9.17, 15) is 9.18 Å². The first-order valence-electron chi connectivity index (χ1n) is 6.91. The Morgan fingerprint density at radius 1 is 1.05 bits per heavy atom. The molecule has 1 N–H and O–H groups in total. The van der Waals surface area contributed by atoms with E-state index in [1.807, 2.05) is 18.2 Å². The number of halogens is 1. The second-order valence-corrected chi connectivity index (χ2v) is 5.80. The van der Waals surface area contributed by atoms with E-state index in [4.69, 9.17) is 0 Å². The topological polar surface area (TPSA) is 29.1 Å². The molecule has 0 bridgehead atoms. The van der Waals surface area contributed by atoms with Crippen LogP contribution in [0.5, 0.6) is 0 Å². The largest absolute Gasteiger partial charge is 0.325 e. The van der Waals surface area contributed by atoms with Gasteiger partial charge in [0.05, 0.1) is 5.75 Å². The summed E-state index contributed by atoms with van der Waals surface area (Å²) in [6, 6.07) is 16.1. The third-order valence-electron chi connectivity index (χ3n) is 2.96. The zero-order valence-corrected chi connectivity index (χ0v) is 12.5. The number of nitrogens with one attached hydrogen (secondary N) is 1. The highest BCUT2D eigenvalue weighted by molar-refractivity contribution is 7.99.